The SMILES string of the molecule is C=CCCCCc1cc(F)cc(C)c1-c1cc([C@H](CC(=O)OCC)NC(=O)[C@H](CC=C)n2cc(Br)c(C(F)F)cc2=O)c(F)c(C(F)(F)F)c1. The van der Waals surface area contributed by atoms with Crippen molar-refractivity contribution in [3.63, 3.8) is 0 Å². The van der Waals surface area contributed by atoms with Crippen LogP contribution < -0.4 is 10.9 Å². The molecule has 6 nitrogen and oxygen atoms in total. The van der Waals surface area contributed by atoms with Gasteiger partial charge in [0.25, 0.3) is 12.0 Å². The molecule has 0 radical (unpaired) electrons. The van der Waals surface area contributed by atoms with E-state index in [0.29, 0.717) is 37.0 Å². The molecule has 0 saturated carbocycles. The maximum atomic E-state index is 16.0. The van der Waals surface area contributed by atoms with Crippen LogP contribution >= 0.6 is 15.9 Å². The molecule has 3 aromatic rings. The molecule has 0 fully saturated rings. The van der Waals surface area contributed by atoms with Crippen LogP contribution in [0.3, 0.4) is 0 Å². The summed E-state index contributed by atoms with van der Waals surface area (Å²) in [5.74, 6) is -4.44. The number of carbonyl (C=O) groups excluding carboxylic acids is 2. The van der Waals surface area contributed by atoms with Crippen molar-refractivity contribution in [3.05, 3.63) is 116 Å². The Morgan fingerprint density at radius 2 is 1.74 bits per heavy atom. The number of aryl methyl sites for hydroxylation is 2. The van der Waals surface area contributed by atoms with Crippen molar-refractivity contribution in [1.82, 2.24) is 9.88 Å². The fraction of sp³-hybridized carbons (Fsp3) is 0.361. The van der Waals surface area contributed by atoms with Crippen LogP contribution in [0.1, 0.15) is 85.4 Å². The van der Waals surface area contributed by atoms with E-state index in [-0.39, 0.29) is 40.6 Å². The third kappa shape index (κ3) is 9.95. The molecule has 14 heteroatoms. The maximum Gasteiger partial charge on any atom is 0.419 e. The summed E-state index contributed by atoms with van der Waals surface area (Å²) in [5, 5.41) is 2.39. The van der Waals surface area contributed by atoms with Gasteiger partial charge in [-0.25, -0.2) is 17.6 Å². The highest BCUT2D eigenvalue weighted by Gasteiger charge is 2.38. The number of ether oxygens (including phenoxy) is 1. The zero-order valence-corrected chi connectivity index (χ0v) is 28.9. The molecule has 0 unspecified atom stereocenters. The molecule has 0 spiro atoms. The van der Waals surface area contributed by atoms with E-state index in [4.69, 9.17) is 4.74 Å². The third-order valence-electron chi connectivity index (χ3n) is 7.87. The van der Waals surface area contributed by atoms with Gasteiger partial charge < -0.3 is 14.6 Å². The highest BCUT2D eigenvalue weighted by atomic mass is 79.9. The van der Waals surface area contributed by atoms with Crippen molar-refractivity contribution in [1.29, 1.82) is 0 Å². The van der Waals surface area contributed by atoms with Crippen molar-refractivity contribution in [3.8, 4) is 11.1 Å². The molecule has 1 amide bonds. The number of unbranched alkanes of at least 4 members (excludes halogenated alkanes) is 2. The van der Waals surface area contributed by atoms with Gasteiger partial charge >= 0.3 is 12.1 Å². The standard InChI is InChI=1S/C36H36BrF7N2O4/c1-5-8-9-10-12-21-14-23(38)13-20(4)32(21)22-15-25(33(39)26(16-22)36(42,43)44)28(18-31(48)50-7-3)45-35(49)29(11-6-2)46-19-27(37)24(34(40)41)17-30(46)47/h5-6,13-17,19,28-29,34H,1-2,7-12,18H2,3-4H3,(H,45,49)/t28-,29-/m0/s1. The molecule has 0 aliphatic rings. The van der Waals surface area contributed by atoms with Crippen LogP contribution in [-0.2, 0) is 26.9 Å². The van der Waals surface area contributed by atoms with Gasteiger partial charge in [-0.2, -0.15) is 13.2 Å². The normalized spacial score (nSPS) is 12.8. The zero-order chi connectivity index (χ0) is 37.3. The molecule has 3 rings (SSSR count). The quantitative estimate of drug-likeness (QED) is 0.0681. The Labute approximate surface area is 293 Å². The number of nitrogens with one attached hydrogen (secondary N) is 1. The number of esters is 1. The smallest absolute Gasteiger partial charge is 0.419 e. The minimum atomic E-state index is -5.23. The number of hydrogen-bond donors (Lipinski definition) is 1. The van der Waals surface area contributed by atoms with Gasteiger partial charge in [-0.15, -0.1) is 13.2 Å². The number of rotatable bonds is 16. The van der Waals surface area contributed by atoms with E-state index in [1.165, 1.54) is 26.0 Å². The Hall–Kier alpha value is -4.20. The van der Waals surface area contributed by atoms with Crippen molar-refractivity contribution in [2.75, 3.05) is 6.61 Å². The number of benzene rings is 2. The van der Waals surface area contributed by atoms with Crippen molar-refractivity contribution < 1.29 is 45.1 Å². The fourth-order valence-corrected chi connectivity index (χ4v) is 6.13. The van der Waals surface area contributed by atoms with Crippen molar-refractivity contribution in [2.45, 2.75) is 77.1 Å². The molecule has 270 valence electrons. The molecular formula is C36H36BrF7N2O4. The summed E-state index contributed by atoms with van der Waals surface area (Å²) < 4.78 is 106. The number of alkyl halides is 5. The van der Waals surface area contributed by atoms with Gasteiger partial charge in [0.15, 0.2) is 0 Å². The summed E-state index contributed by atoms with van der Waals surface area (Å²) in [5.41, 5.74) is -3.35. The number of nitrogens with zero attached hydrogens (tertiary/aromatic N) is 1. The van der Waals surface area contributed by atoms with Crippen molar-refractivity contribution >= 4 is 27.8 Å². The van der Waals surface area contributed by atoms with Gasteiger partial charge in [0.05, 0.1) is 24.6 Å². The van der Waals surface area contributed by atoms with E-state index in [2.05, 4.69) is 34.4 Å². The summed E-state index contributed by atoms with van der Waals surface area (Å²) >= 11 is 2.95. The summed E-state index contributed by atoms with van der Waals surface area (Å²) in [7, 11) is 0. The highest BCUT2D eigenvalue weighted by molar-refractivity contribution is 9.10. The summed E-state index contributed by atoms with van der Waals surface area (Å²) in [4.78, 5) is 39.4. The van der Waals surface area contributed by atoms with E-state index in [1.807, 2.05) is 0 Å². The lowest BCUT2D eigenvalue weighted by molar-refractivity contribution is -0.144. The molecule has 2 atom stereocenters. The van der Waals surface area contributed by atoms with Gasteiger partial charge in [-0.3, -0.25) is 14.4 Å². The van der Waals surface area contributed by atoms with E-state index < -0.39 is 76.9 Å². The van der Waals surface area contributed by atoms with Crippen LogP contribution in [0.15, 0.2) is 71.1 Å². The predicted octanol–water partition coefficient (Wildman–Crippen LogP) is 9.65. The van der Waals surface area contributed by atoms with Crippen LogP contribution in [-0.4, -0.2) is 23.1 Å². The Morgan fingerprint density at radius 1 is 1.04 bits per heavy atom. The summed E-state index contributed by atoms with van der Waals surface area (Å²) in [6.45, 7) is 10.0. The number of hydrogen-bond acceptors (Lipinski definition) is 4. The monoisotopic (exact) mass is 772 g/mol. The Balaban J connectivity index is 2.25. The first-order valence-corrected chi connectivity index (χ1v) is 16.4. The lowest BCUT2D eigenvalue weighted by atomic mass is 9.88. The van der Waals surface area contributed by atoms with Crippen LogP contribution in [0.4, 0.5) is 30.7 Å². The van der Waals surface area contributed by atoms with Gasteiger partial charge in [0, 0.05) is 27.9 Å². The zero-order valence-electron chi connectivity index (χ0n) is 27.3. The minimum Gasteiger partial charge on any atom is -0.466 e. The third-order valence-corrected chi connectivity index (χ3v) is 8.54. The van der Waals surface area contributed by atoms with Gasteiger partial charge in [0.2, 0.25) is 5.91 Å². The van der Waals surface area contributed by atoms with Crippen LogP contribution in [0, 0.1) is 18.6 Å². The molecule has 2 aromatic carbocycles. The first-order valence-electron chi connectivity index (χ1n) is 15.6. The number of pyridine rings is 1. The number of halogens is 8. The molecule has 0 bridgehead atoms. The first kappa shape index (κ1) is 40.2. The Bertz CT molecular complexity index is 1790. The van der Waals surface area contributed by atoms with E-state index in [1.54, 1.807) is 6.08 Å². The highest BCUT2D eigenvalue weighted by Crippen LogP contribution is 2.40. The van der Waals surface area contributed by atoms with Crippen LogP contribution in [0.2, 0.25) is 0 Å². The number of amides is 1. The molecule has 1 aromatic heterocycles. The van der Waals surface area contributed by atoms with E-state index in [9.17, 15) is 40.7 Å². The van der Waals surface area contributed by atoms with Crippen molar-refractivity contribution in [2.24, 2.45) is 0 Å². The van der Waals surface area contributed by atoms with Gasteiger partial charge in [-0.1, -0.05) is 12.2 Å². The molecule has 50 heavy (non-hydrogen) atoms. The molecule has 0 aliphatic carbocycles. The second kappa shape index (κ2) is 17.6. The largest absolute Gasteiger partial charge is 0.466 e. The Morgan fingerprint density at radius 3 is 2.34 bits per heavy atom. The van der Waals surface area contributed by atoms with Crippen LogP contribution in [0.25, 0.3) is 11.1 Å². The Kier molecular flexibility index (Phi) is 14.2. The number of aromatic nitrogens is 1. The second-order valence-electron chi connectivity index (χ2n) is 11.4. The number of carbonyl (C=O) groups is 2. The lowest BCUT2D eigenvalue weighted by Gasteiger charge is -2.26. The average Bonchev–Trinajstić information content (AvgIpc) is 3.02. The number of allylic oxidation sites excluding steroid dienone is 2. The summed E-state index contributed by atoms with van der Waals surface area (Å²) in [6, 6.07) is 1.33. The second-order valence-corrected chi connectivity index (χ2v) is 12.3. The van der Waals surface area contributed by atoms with Gasteiger partial charge in [0.1, 0.15) is 17.7 Å². The average molecular weight is 774 g/mol. The predicted molar refractivity (Wildman–Crippen MR) is 179 cm³/mol. The minimum absolute atomic E-state index is 0.140. The fourth-order valence-electron chi connectivity index (χ4n) is 5.62. The van der Waals surface area contributed by atoms with Crippen LogP contribution in [0.5, 0.6) is 0 Å². The molecule has 0 aliphatic heterocycles. The van der Waals surface area contributed by atoms with Gasteiger partial charge in [-0.05, 0) is 108 Å². The summed E-state index contributed by atoms with van der Waals surface area (Å²) in [6.07, 6.45) is -3.31. The van der Waals surface area contributed by atoms with E-state index in [0.717, 1.165) is 22.9 Å². The molecule has 1 N–H and O–H groups in total. The first-order chi connectivity index (χ1) is 23.5. The lowest BCUT2D eigenvalue weighted by Crippen LogP contribution is -2.40. The molecule has 0 saturated heterocycles. The molecular weight excluding hydrogens is 737 g/mol. The maximum absolute atomic E-state index is 16.0. The van der Waals surface area contributed by atoms with E-state index >= 15 is 4.39 Å². The topological polar surface area (TPSA) is 77.4 Å². The molecule has 1 heterocycles.